The Morgan fingerprint density at radius 2 is 2.15 bits per heavy atom. The molecule has 2 aromatic heterocycles. The summed E-state index contributed by atoms with van der Waals surface area (Å²) in [4.78, 5) is 15.2. The molecule has 0 N–H and O–H groups in total. The molecule has 0 saturated heterocycles. The van der Waals surface area contributed by atoms with Crippen LogP contribution in [0, 0.1) is 0 Å². The molecule has 2 aromatic rings. The van der Waals surface area contributed by atoms with Gasteiger partial charge in [-0.25, -0.2) is 0 Å². The SMILES string of the molecule is C[C@H](c1cccs1)N(C)C(=O)c1cc(C(C)(C)C)no1. The molecule has 20 heavy (non-hydrogen) atoms. The predicted octanol–water partition coefficient (Wildman–Crippen LogP) is 3.87. The summed E-state index contributed by atoms with van der Waals surface area (Å²) in [5.41, 5.74) is 0.665. The minimum absolute atomic E-state index is 0.0192. The zero-order valence-electron chi connectivity index (χ0n) is 12.5. The van der Waals surface area contributed by atoms with Crippen LogP contribution in [-0.2, 0) is 5.41 Å². The number of carbonyl (C=O) groups is 1. The highest BCUT2D eigenvalue weighted by Crippen LogP contribution is 2.26. The van der Waals surface area contributed by atoms with E-state index in [9.17, 15) is 4.79 Å². The fraction of sp³-hybridized carbons (Fsp3) is 0.467. The molecular weight excluding hydrogens is 272 g/mol. The number of aromatic nitrogens is 1. The fourth-order valence-electron chi connectivity index (χ4n) is 1.80. The molecule has 0 aliphatic heterocycles. The van der Waals surface area contributed by atoms with Gasteiger partial charge in [-0.2, -0.15) is 0 Å². The average molecular weight is 292 g/mol. The monoisotopic (exact) mass is 292 g/mol. The lowest BCUT2D eigenvalue weighted by atomic mass is 9.92. The molecule has 1 amide bonds. The first-order chi connectivity index (χ1) is 9.30. The summed E-state index contributed by atoms with van der Waals surface area (Å²) in [6, 6.07) is 5.77. The highest BCUT2D eigenvalue weighted by molar-refractivity contribution is 7.10. The summed E-state index contributed by atoms with van der Waals surface area (Å²) in [6.45, 7) is 8.12. The third kappa shape index (κ3) is 2.93. The largest absolute Gasteiger partial charge is 0.351 e. The van der Waals surface area contributed by atoms with Gasteiger partial charge in [-0.3, -0.25) is 4.79 Å². The van der Waals surface area contributed by atoms with Crippen LogP contribution in [0.3, 0.4) is 0 Å². The van der Waals surface area contributed by atoms with Crippen molar-refractivity contribution in [3.05, 3.63) is 39.9 Å². The minimum atomic E-state index is -0.145. The molecule has 4 nitrogen and oxygen atoms in total. The Kier molecular flexibility index (Phi) is 3.99. The van der Waals surface area contributed by atoms with Gasteiger partial charge in [-0.15, -0.1) is 11.3 Å². The van der Waals surface area contributed by atoms with Gasteiger partial charge in [-0.1, -0.05) is 32.0 Å². The van der Waals surface area contributed by atoms with Gasteiger partial charge in [0.1, 0.15) is 0 Å². The van der Waals surface area contributed by atoms with E-state index in [0.717, 1.165) is 10.6 Å². The Bertz CT molecular complexity index is 581. The van der Waals surface area contributed by atoms with Crippen molar-refractivity contribution in [3.8, 4) is 0 Å². The maximum atomic E-state index is 12.4. The van der Waals surface area contributed by atoms with Crippen molar-refractivity contribution in [2.75, 3.05) is 7.05 Å². The minimum Gasteiger partial charge on any atom is -0.351 e. The Balaban J connectivity index is 2.17. The number of carbonyl (C=O) groups excluding carboxylic acids is 1. The summed E-state index contributed by atoms with van der Waals surface area (Å²) >= 11 is 1.64. The van der Waals surface area contributed by atoms with Crippen molar-refractivity contribution in [2.24, 2.45) is 0 Å². The van der Waals surface area contributed by atoms with Crippen molar-refractivity contribution in [1.82, 2.24) is 10.1 Å². The van der Waals surface area contributed by atoms with Crippen molar-refractivity contribution >= 4 is 17.2 Å². The van der Waals surface area contributed by atoms with E-state index in [-0.39, 0.29) is 17.4 Å². The number of hydrogen-bond donors (Lipinski definition) is 0. The Morgan fingerprint density at radius 1 is 1.45 bits per heavy atom. The van der Waals surface area contributed by atoms with E-state index in [4.69, 9.17) is 4.52 Å². The van der Waals surface area contributed by atoms with Gasteiger partial charge in [0.15, 0.2) is 0 Å². The molecule has 0 spiro atoms. The summed E-state index contributed by atoms with van der Waals surface area (Å²) < 4.78 is 5.20. The van der Waals surface area contributed by atoms with Crippen LogP contribution in [-0.4, -0.2) is 23.0 Å². The molecular formula is C15H20N2O2S. The number of amides is 1. The van der Waals surface area contributed by atoms with Crippen LogP contribution in [0.25, 0.3) is 0 Å². The molecule has 0 aromatic carbocycles. The van der Waals surface area contributed by atoms with E-state index in [1.807, 2.05) is 45.2 Å². The number of hydrogen-bond acceptors (Lipinski definition) is 4. The molecule has 0 saturated carbocycles. The van der Waals surface area contributed by atoms with Crippen LogP contribution in [0.1, 0.15) is 54.9 Å². The van der Waals surface area contributed by atoms with E-state index in [0.29, 0.717) is 5.76 Å². The Labute approximate surface area is 123 Å². The molecule has 0 radical (unpaired) electrons. The van der Waals surface area contributed by atoms with E-state index >= 15 is 0 Å². The van der Waals surface area contributed by atoms with Gasteiger partial charge in [0.2, 0.25) is 5.76 Å². The van der Waals surface area contributed by atoms with Crippen LogP contribution < -0.4 is 0 Å². The molecule has 2 heterocycles. The van der Waals surface area contributed by atoms with E-state index in [2.05, 4.69) is 5.16 Å². The second-order valence-electron chi connectivity index (χ2n) is 5.93. The van der Waals surface area contributed by atoms with Gasteiger partial charge >= 0.3 is 0 Å². The maximum Gasteiger partial charge on any atom is 0.292 e. The third-order valence-corrected chi connectivity index (χ3v) is 4.39. The van der Waals surface area contributed by atoms with Gasteiger partial charge in [0.25, 0.3) is 5.91 Å². The zero-order chi connectivity index (χ0) is 14.9. The first-order valence-corrected chi connectivity index (χ1v) is 7.46. The normalized spacial score (nSPS) is 13.2. The van der Waals surface area contributed by atoms with Crippen LogP contribution in [0.2, 0.25) is 0 Å². The molecule has 0 fully saturated rings. The number of thiophene rings is 1. The maximum absolute atomic E-state index is 12.4. The zero-order valence-corrected chi connectivity index (χ0v) is 13.3. The Hall–Kier alpha value is -1.62. The van der Waals surface area contributed by atoms with Gasteiger partial charge in [0.05, 0.1) is 11.7 Å². The quantitative estimate of drug-likeness (QED) is 0.862. The second kappa shape index (κ2) is 5.40. The molecule has 108 valence electrons. The van der Waals surface area contributed by atoms with Crippen LogP contribution in [0.4, 0.5) is 0 Å². The lowest BCUT2D eigenvalue weighted by molar-refractivity contribution is 0.0702. The third-order valence-electron chi connectivity index (χ3n) is 3.35. The molecule has 1 atom stereocenters. The second-order valence-corrected chi connectivity index (χ2v) is 6.91. The van der Waals surface area contributed by atoms with Gasteiger partial charge in [-0.05, 0) is 18.4 Å². The number of nitrogens with zero attached hydrogens (tertiary/aromatic N) is 2. The van der Waals surface area contributed by atoms with Crippen LogP contribution in [0.5, 0.6) is 0 Å². The molecule has 2 rings (SSSR count). The topological polar surface area (TPSA) is 46.3 Å². The highest BCUT2D eigenvalue weighted by atomic mass is 32.1. The highest BCUT2D eigenvalue weighted by Gasteiger charge is 2.26. The summed E-state index contributed by atoms with van der Waals surface area (Å²) in [6.07, 6.45) is 0. The fourth-order valence-corrected chi connectivity index (χ4v) is 2.63. The van der Waals surface area contributed by atoms with E-state index in [1.54, 1.807) is 29.4 Å². The van der Waals surface area contributed by atoms with E-state index in [1.165, 1.54) is 0 Å². The lowest BCUT2D eigenvalue weighted by Crippen LogP contribution is -2.28. The molecule has 0 unspecified atom stereocenters. The summed E-state index contributed by atoms with van der Waals surface area (Å²) in [7, 11) is 1.78. The average Bonchev–Trinajstić information content (AvgIpc) is 3.05. The summed E-state index contributed by atoms with van der Waals surface area (Å²) in [5, 5.41) is 6.00. The first kappa shape index (κ1) is 14.8. The standard InChI is InChI=1S/C15H20N2O2S/c1-10(12-7-6-8-20-12)17(5)14(18)11-9-13(16-19-11)15(2,3)4/h6-10H,1-5H3/t10-/m1/s1. The smallest absolute Gasteiger partial charge is 0.292 e. The number of rotatable bonds is 3. The predicted molar refractivity (Wildman–Crippen MR) is 80.0 cm³/mol. The van der Waals surface area contributed by atoms with Crippen molar-refractivity contribution in [3.63, 3.8) is 0 Å². The lowest BCUT2D eigenvalue weighted by Gasteiger charge is -2.22. The van der Waals surface area contributed by atoms with Crippen molar-refractivity contribution in [1.29, 1.82) is 0 Å². The van der Waals surface area contributed by atoms with Crippen LogP contribution >= 0.6 is 11.3 Å². The first-order valence-electron chi connectivity index (χ1n) is 6.58. The van der Waals surface area contributed by atoms with Crippen molar-refractivity contribution in [2.45, 2.75) is 39.2 Å². The van der Waals surface area contributed by atoms with Gasteiger partial charge < -0.3 is 9.42 Å². The van der Waals surface area contributed by atoms with E-state index < -0.39 is 0 Å². The molecule has 5 heteroatoms. The summed E-state index contributed by atoms with van der Waals surface area (Å²) in [5.74, 6) is 0.148. The Morgan fingerprint density at radius 3 is 2.65 bits per heavy atom. The van der Waals surface area contributed by atoms with Crippen LogP contribution in [0.15, 0.2) is 28.1 Å². The molecule has 0 aliphatic carbocycles. The van der Waals surface area contributed by atoms with Gasteiger partial charge in [0, 0.05) is 23.4 Å². The molecule has 0 bridgehead atoms. The van der Waals surface area contributed by atoms with Crippen molar-refractivity contribution < 1.29 is 9.32 Å². The molecule has 0 aliphatic rings.